The van der Waals surface area contributed by atoms with Crippen LogP contribution < -0.4 is 5.32 Å². The summed E-state index contributed by atoms with van der Waals surface area (Å²) >= 11 is 0. The van der Waals surface area contributed by atoms with Crippen molar-refractivity contribution < 1.29 is 13.2 Å². The zero-order valence-corrected chi connectivity index (χ0v) is 14.4. The Morgan fingerprint density at radius 2 is 2.13 bits per heavy atom. The van der Waals surface area contributed by atoms with Crippen LogP contribution in [0.15, 0.2) is 6.07 Å². The first-order valence-corrected chi connectivity index (χ1v) is 10.4. The lowest BCUT2D eigenvalue weighted by atomic mass is 10.2. The zero-order chi connectivity index (χ0) is 16.4. The monoisotopic (exact) mass is 339 g/mol. The molecule has 1 aromatic heterocycles. The average Bonchev–Trinajstić information content (AvgIpc) is 3.16. The van der Waals surface area contributed by atoms with Crippen molar-refractivity contribution in [3.05, 3.63) is 11.8 Å². The number of hydrogen-bond acceptors (Lipinski definition) is 4. The fourth-order valence-corrected chi connectivity index (χ4v) is 4.76. The van der Waals surface area contributed by atoms with E-state index in [0.29, 0.717) is 24.6 Å². The lowest BCUT2D eigenvalue weighted by Gasteiger charge is -2.13. The lowest BCUT2D eigenvalue weighted by molar-refractivity contribution is -0.116. The minimum Gasteiger partial charge on any atom is -0.311 e. The molecule has 0 aromatic carbocycles. The van der Waals surface area contributed by atoms with E-state index in [4.69, 9.17) is 0 Å². The Kier molecular flexibility index (Phi) is 4.75. The summed E-state index contributed by atoms with van der Waals surface area (Å²) in [7, 11) is -2.98. The number of carbonyl (C=O) groups excluding carboxylic acids is 1. The molecule has 23 heavy (non-hydrogen) atoms. The normalized spacial score (nSPS) is 23.1. The summed E-state index contributed by atoms with van der Waals surface area (Å²) in [5.74, 6) is 1.46. The van der Waals surface area contributed by atoms with E-state index in [1.807, 2.05) is 6.07 Å². The molecule has 2 aliphatic rings. The molecule has 0 bridgehead atoms. The van der Waals surface area contributed by atoms with Gasteiger partial charge < -0.3 is 5.32 Å². The van der Waals surface area contributed by atoms with Crippen LogP contribution in [0.25, 0.3) is 0 Å². The van der Waals surface area contributed by atoms with Crippen molar-refractivity contribution in [2.24, 2.45) is 0 Å². The van der Waals surface area contributed by atoms with Crippen LogP contribution in [0, 0.1) is 0 Å². The number of anilines is 1. The molecule has 1 unspecified atom stereocenters. The molecule has 3 rings (SSSR count). The van der Waals surface area contributed by atoms with Crippen LogP contribution in [-0.2, 0) is 14.6 Å². The number of unbranched alkanes of at least 4 members (excludes halogenated alkanes) is 2. The summed E-state index contributed by atoms with van der Waals surface area (Å²) in [6.45, 7) is 2.11. The first-order chi connectivity index (χ1) is 11.0. The molecular formula is C16H25N3O3S. The third kappa shape index (κ3) is 4.13. The van der Waals surface area contributed by atoms with Crippen LogP contribution in [0.4, 0.5) is 5.82 Å². The summed E-state index contributed by atoms with van der Waals surface area (Å²) in [6, 6.07) is 1.78. The Morgan fingerprint density at radius 3 is 2.74 bits per heavy atom. The van der Waals surface area contributed by atoms with Gasteiger partial charge in [-0.05, 0) is 25.7 Å². The topological polar surface area (TPSA) is 81.1 Å². The smallest absolute Gasteiger partial charge is 0.225 e. The summed E-state index contributed by atoms with van der Waals surface area (Å²) in [6.07, 6.45) is 6.34. The van der Waals surface area contributed by atoms with Gasteiger partial charge in [0.1, 0.15) is 5.82 Å². The molecular weight excluding hydrogens is 314 g/mol. The van der Waals surface area contributed by atoms with Crippen LogP contribution in [0.3, 0.4) is 0 Å². The summed E-state index contributed by atoms with van der Waals surface area (Å²) in [5.41, 5.74) is 0.984. The molecule has 1 amide bonds. The number of sulfone groups is 1. The predicted molar refractivity (Wildman–Crippen MR) is 89.3 cm³/mol. The van der Waals surface area contributed by atoms with Gasteiger partial charge in [0, 0.05) is 18.4 Å². The Hall–Kier alpha value is -1.37. The maximum Gasteiger partial charge on any atom is 0.225 e. The van der Waals surface area contributed by atoms with Crippen LogP contribution >= 0.6 is 0 Å². The van der Waals surface area contributed by atoms with Crippen molar-refractivity contribution in [1.29, 1.82) is 0 Å². The van der Waals surface area contributed by atoms with Crippen molar-refractivity contribution in [3.63, 3.8) is 0 Å². The highest BCUT2D eigenvalue weighted by molar-refractivity contribution is 7.91. The molecule has 6 nitrogen and oxygen atoms in total. The van der Waals surface area contributed by atoms with Gasteiger partial charge >= 0.3 is 0 Å². The molecule has 0 radical (unpaired) electrons. The highest BCUT2D eigenvalue weighted by Crippen LogP contribution is 2.41. The van der Waals surface area contributed by atoms with Gasteiger partial charge in [0.15, 0.2) is 9.84 Å². The van der Waals surface area contributed by atoms with Crippen LogP contribution in [-0.4, -0.2) is 35.6 Å². The van der Waals surface area contributed by atoms with Crippen LogP contribution in [0.1, 0.15) is 69.5 Å². The Bertz CT molecular complexity index is 677. The summed E-state index contributed by atoms with van der Waals surface area (Å²) < 4.78 is 25.2. The van der Waals surface area contributed by atoms with E-state index in [2.05, 4.69) is 17.3 Å². The second kappa shape index (κ2) is 6.63. The summed E-state index contributed by atoms with van der Waals surface area (Å²) in [5, 5.41) is 7.55. The number of rotatable bonds is 7. The van der Waals surface area contributed by atoms with Crippen molar-refractivity contribution in [3.8, 4) is 0 Å². The Labute approximate surface area is 137 Å². The van der Waals surface area contributed by atoms with Gasteiger partial charge in [0.2, 0.25) is 5.91 Å². The number of amides is 1. The van der Waals surface area contributed by atoms with Crippen molar-refractivity contribution in [2.45, 2.75) is 63.8 Å². The molecule has 1 saturated heterocycles. The fraction of sp³-hybridized carbons (Fsp3) is 0.750. The van der Waals surface area contributed by atoms with E-state index in [1.165, 1.54) is 0 Å². The van der Waals surface area contributed by atoms with Gasteiger partial charge in [-0.1, -0.05) is 19.8 Å². The largest absolute Gasteiger partial charge is 0.311 e. The molecule has 2 fully saturated rings. The van der Waals surface area contributed by atoms with Gasteiger partial charge in [-0.3, -0.25) is 4.79 Å². The SMILES string of the molecule is CCCCCC(=O)Nc1cc(C2CC2)nn1C1CCS(=O)(=O)C1. The maximum absolute atomic E-state index is 12.1. The molecule has 1 atom stereocenters. The quantitative estimate of drug-likeness (QED) is 0.774. The van der Waals surface area contributed by atoms with Gasteiger partial charge in [-0.2, -0.15) is 5.10 Å². The van der Waals surface area contributed by atoms with Gasteiger partial charge in [-0.15, -0.1) is 0 Å². The molecule has 1 saturated carbocycles. The minimum absolute atomic E-state index is 0.0113. The molecule has 7 heteroatoms. The fourth-order valence-electron chi connectivity index (χ4n) is 3.07. The van der Waals surface area contributed by atoms with Gasteiger partial charge in [0.25, 0.3) is 0 Å². The van der Waals surface area contributed by atoms with Crippen LogP contribution in [0.2, 0.25) is 0 Å². The van der Waals surface area contributed by atoms with Crippen molar-refractivity contribution in [2.75, 3.05) is 16.8 Å². The van der Waals surface area contributed by atoms with E-state index in [0.717, 1.165) is 37.8 Å². The molecule has 1 N–H and O–H groups in total. The first-order valence-electron chi connectivity index (χ1n) is 8.58. The van der Waals surface area contributed by atoms with Gasteiger partial charge in [-0.25, -0.2) is 13.1 Å². The standard InChI is InChI=1S/C16H25N3O3S/c1-2-3-4-5-16(20)17-15-10-14(12-6-7-12)18-19(15)13-8-9-23(21,22)11-13/h10,12-13H,2-9,11H2,1H3,(H,17,20). The molecule has 1 aliphatic heterocycles. The molecule has 1 aliphatic carbocycles. The summed E-state index contributed by atoms with van der Waals surface area (Å²) in [4.78, 5) is 12.1. The van der Waals surface area contributed by atoms with Crippen molar-refractivity contribution >= 4 is 21.6 Å². The van der Waals surface area contributed by atoms with Crippen molar-refractivity contribution in [1.82, 2.24) is 9.78 Å². The number of nitrogens with one attached hydrogen (secondary N) is 1. The third-order valence-electron chi connectivity index (χ3n) is 4.58. The Morgan fingerprint density at radius 1 is 1.35 bits per heavy atom. The molecule has 128 valence electrons. The van der Waals surface area contributed by atoms with E-state index < -0.39 is 9.84 Å². The van der Waals surface area contributed by atoms with E-state index in [9.17, 15) is 13.2 Å². The lowest BCUT2D eigenvalue weighted by Crippen LogP contribution is -2.19. The second-order valence-corrected chi connectivity index (χ2v) is 8.96. The molecule has 2 heterocycles. The molecule has 1 aromatic rings. The first kappa shape index (κ1) is 16.5. The van der Waals surface area contributed by atoms with E-state index in [-0.39, 0.29) is 23.5 Å². The predicted octanol–water partition coefficient (Wildman–Crippen LogP) is 2.64. The number of nitrogens with zero attached hydrogens (tertiary/aromatic N) is 2. The van der Waals surface area contributed by atoms with Crippen LogP contribution in [0.5, 0.6) is 0 Å². The average molecular weight is 339 g/mol. The molecule has 0 spiro atoms. The minimum atomic E-state index is -2.98. The van der Waals surface area contributed by atoms with E-state index >= 15 is 0 Å². The number of aromatic nitrogens is 2. The highest BCUT2D eigenvalue weighted by Gasteiger charge is 2.34. The number of hydrogen-bond donors (Lipinski definition) is 1. The highest BCUT2D eigenvalue weighted by atomic mass is 32.2. The second-order valence-electron chi connectivity index (χ2n) is 6.74. The number of carbonyl (C=O) groups is 1. The van der Waals surface area contributed by atoms with Gasteiger partial charge in [0.05, 0.1) is 23.2 Å². The third-order valence-corrected chi connectivity index (χ3v) is 6.33. The maximum atomic E-state index is 12.1. The zero-order valence-electron chi connectivity index (χ0n) is 13.6. The van der Waals surface area contributed by atoms with E-state index in [1.54, 1.807) is 4.68 Å². The Balaban J connectivity index is 1.74.